The Hall–Kier alpha value is -2.61. The summed E-state index contributed by atoms with van der Waals surface area (Å²) in [6.45, 7) is 2.03. The molecule has 1 N–H and O–H groups in total. The van der Waals surface area contributed by atoms with Crippen LogP contribution in [0.5, 0.6) is 0 Å². The van der Waals surface area contributed by atoms with Gasteiger partial charge in [-0.1, -0.05) is 6.92 Å². The summed E-state index contributed by atoms with van der Waals surface area (Å²) < 4.78 is 0. The summed E-state index contributed by atoms with van der Waals surface area (Å²) in [7, 11) is 0. The predicted octanol–water partition coefficient (Wildman–Crippen LogP) is 2.44. The number of pyridine rings is 1. The topological polar surface area (TPSA) is 102 Å². The number of nitro groups is 1. The Labute approximate surface area is 128 Å². The molecule has 0 aliphatic rings. The molecule has 22 heavy (non-hydrogen) atoms. The zero-order valence-electron chi connectivity index (χ0n) is 11.7. The average Bonchev–Trinajstić information content (AvgIpc) is 2.91. The first-order chi connectivity index (χ1) is 10.6. The Morgan fingerprint density at radius 2 is 2.23 bits per heavy atom. The third-order valence-electron chi connectivity index (χ3n) is 3.22. The molecule has 0 aromatic carbocycles. The van der Waals surface area contributed by atoms with Crippen LogP contribution < -0.4 is 5.56 Å². The molecule has 3 aromatic rings. The number of hydrogen-bond donors (Lipinski definition) is 1. The van der Waals surface area contributed by atoms with Crippen LogP contribution in [-0.2, 0) is 12.8 Å². The van der Waals surface area contributed by atoms with Gasteiger partial charge in [-0.3, -0.25) is 19.9 Å². The monoisotopic (exact) mass is 316 g/mol. The van der Waals surface area contributed by atoms with Crippen LogP contribution in [0.1, 0.15) is 23.3 Å². The minimum Gasteiger partial charge on any atom is -0.310 e. The van der Waals surface area contributed by atoms with Gasteiger partial charge in [0.2, 0.25) is 0 Å². The number of hydrogen-bond acceptors (Lipinski definition) is 6. The Morgan fingerprint density at radius 1 is 1.41 bits per heavy atom. The summed E-state index contributed by atoms with van der Waals surface area (Å²) in [5.41, 5.74) is 0.379. The molecule has 0 unspecified atom stereocenters. The molecule has 3 aromatic heterocycles. The van der Waals surface area contributed by atoms with E-state index < -0.39 is 4.92 Å². The van der Waals surface area contributed by atoms with Crippen molar-refractivity contribution < 1.29 is 4.92 Å². The number of aryl methyl sites for hydroxylation is 1. The van der Waals surface area contributed by atoms with Gasteiger partial charge in [0.15, 0.2) is 0 Å². The highest BCUT2D eigenvalue weighted by Gasteiger charge is 2.10. The summed E-state index contributed by atoms with van der Waals surface area (Å²) in [6.07, 6.45) is 2.38. The molecule has 3 heterocycles. The lowest BCUT2D eigenvalue weighted by Crippen LogP contribution is -2.11. The molecule has 0 bridgehead atoms. The number of aromatic amines is 1. The van der Waals surface area contributed by atoms with Crippen LogP contribution in [0.4, 0.5) is 5.69 Å². The van der Waals surface area contributed by atoms with Gasteiger partial charge < -0.3 is 4.98 Å². The smallest absolute Gasteiger partial charge is 0.287 e. The molecule has 0 aliphatic carbocycles. The van der Waals surface area contributed by atoms with Gasteiger partial charge in [-0.15, -0.1) is 11.3 Å². The van der Waals surface area contributed by atoms with E-state index in [-0.39, 0.29) is 11.2 Å². The van der Waals surface area contributed by atoms with Crippen molar-refractivity contribution in [2.75, 3.05) is 0 Å². The number of thiophene rings is 1. The quantitative estimate of drug-likeness (QED) is 0.588. The van der Waals surface area contributed by atoms with Crippen molar-refractivity contribution in [2.45, 2.75) is 19.8 Å². The third kappa shape index (κ3) is 2.73. The molecule has 0 spiro atoms. The van der Waals surface area contributed by atoms with Crippen molar-refractivity contribution in [3.8, 4) is 0 Å². The molecule has 7 nitrogen and oxygen atoms in total. The lowest BCUT2D eigenvalue weighted by molar-refractivity contribution is -0.385. The number of rotatable bonds is 4. The molecule has 0 radical (unpaired) electrons. The van der Waals surface area contributed by atoms with Crippen molar-refractivity contribution in [2.24, 2.45) is 0 Å². The van der Waals surface area contributed by atoms with E-state index in [2.05, 4.69) is 15.0 Å². The van der Waals surface area contributed by atoms with Crippen molar-refractivity contribution >= 4 is 27.2 Å². The van der Waals surface area contributed by atoms with Gasteiger partial charge in [0.1, 0.15) is 16.9 Å². The fourth-order valence-corrected chi connectivity index (χ4v) is 3.07. The zero-order valence-corrected chi connectivity index (χ0v) is 12.5. The maximum absolute atomic E-state index is 12.1. The van der Waals surface area contributed by atoms with Crippen molar-refractivity contribution in [3.63, 3.8) is 0 Å². The van der Waals surface area contributed by atoms with Gasteiger partial charge in [-0.25, -0.2) is 4.98 Å². The normalized spacial score (nSPS) is 11.0. The minimum atomic E-state index is -0.499. The third-order valence-corrected chi connectivity index (χ3v) is 4.39. The standard InChI is InChI=1S/C14H12N4O3S/c1-2-10-6-11-13(19)16-12(17-14(11)22-10)5-8-3-4-9(7-15-8)18(20)21/h3-4,6-7H,2,5H2,1H3,(H,16,17,19). The minimum absolute atomic E-state index is 0.0634. The number of fused-ring (bicyclic) bond motifs is 1. The fourth-order valence-electron chi connectivity index (χ4n) is 2.08. The van der Waals surface area contributed by atoms with Gasteiger partial charge in [0.05, 0.1) is 10.3 Å². The van der Waals surface area contributed by atoms with Crippen molar-refractivity contribution in [1.82, 2.24) is 15.0 Å². The molecule has 0 aliphatic heterocycles. The van der Waals surface area contributed by atoms with Crippen molar-refractivity contribution in [1.29, 1.82) is 0 Å². The number of H-pyrrole nitrogens is 1. The fraction of sp³-hybridized carbons (Fsp3) is 0.214. The second kappa shape index (κ2) is 5.64. The first-order valence-electron chi connectivity index (χ1n) is 6.67. The molecule has 0 fully saturated rings. The first-order valence-corrected chi connectivity index (χ1v) is 7.49. The highest BCUT2D eigenvalue weighted by atomic mass is 32.1. The molecule has 0 saturated heterocycles. The Morgan fingerprint density at radius 3 is 2.86 bits per heavy atom. The Kier molecular flexibility index (Phi) is 3.68. The van der Waals surface area contributed by atoms with Gasteiger partial charge in [0.25, 0.3) is 11.2 Å². The molecule has 0 atom stereocenters. The van der Waals surface area contributed by atoms with Crippen LogP contribution in [0.3, 0.4) is 0 Å². The molecule has 0 amide bonds. The van der Waals surface area contributed by atoms with E-state index in [0.717, 1.165) is 11.3 Å². The van der Waals surface area contributed by atoms with Crippen molar-refractivity contribution in [3.05, 3.63) is 61.3 Å². The second-order valence-corrected chi connectivity index (χ2v) is 5.85. The Bertz CT molecular complexity index is 899. The van der Waals surface area contributed by atoms with Crippen LogP contribution in [0.2, 0.25) is 0 Å². The SMILES string of the molecule is CCc1cc2c(=O)[nH]c(Cc3ccc([N+](=O)[O-])cn3)nc2s1. The van der Waals surface area contributed by atoms with E-state index in [9.17, 15) is 14.9 Å². The van der Waals surface area contributed by atoms with E-state index >= 15 is 0 Å². The number of aromatic nitrogens is 3. The van der Waals surface area contributed by atoms with Gasteiger partial charge in [0, 0.05) is 23.1 Å². The Balaban J connectivity index is 1.93. The predicted molar refractivity (Wildman–Crippen MR) is 83.3 cm³/mol. The highest BCUT2D eigenvalue weighted by Crippen LogP contribution is 2.21. The van der Waals surface area contributed by atoms with E-state index in [0.29, 0.717) is 28.2 Å². The molecule has 0 saturated carbocycles. The lowest BCUT2D eigenvalue weighted by Gasteiger charge is -2.00. The van der Waals surface area contributed by atoms with Crippen LogP contribution in [-0.4, -0.2) is 19.9 Å². The summed E-state index contributed by atoms with van der Waals surface area (Å²) in [5.74, 6) is 0.503. The van der Waals surface area contributed by atoms with E-state index in [1.807, 2.05) is 13.0 Å². The summed E-state index contributed by atoms with van der Waals surface area (Å²) in [6, 6.07) is 4.81. The molecule has 8 heteroatoms. The van der Waals surface area contributed by atoms with Crippen LogP contribution in [0, 0.1) is 10.1 Å². The molecule has 112 valence electrons. The van der Waals surface area contributed by atoms with Crippen LogP contribution >= 0.6 is 11.3 Å². The maximum atomic E-state index is 12.1. The summed E-state index contributed by atoms with van der Waals surface area (Å²) in [4.78, 5) is 35.2. The van der Waals surface area contributed by atoms with E-state index in [1.165, 1.54) is 23.6 Å². The van der Waals surface area contributed by atoms with E-state index in [1.54, 1.807) is 6.07 Å². The zero-order chi connectivity index (χ0) is 15.7. The van der Waals surface area contributed by atoms with Gasteiger partial charge in [-0.2, -0.15) is 0 Å². The molecular formula is C14H12N4O3S. The second-order valence-electron chi connectivity index (χ2n) is 4.74. The molecule has 3 rings (SSSR count). The molecular weight excluding hydrogens is 304 g/mol. The average molecular weight is 316 g/mol. The summed E-state index contributed by atoms with van der Waals surface area (Å²) in [5, 5.41) is 11.2. The maximum Gasteiger partial charge on any atom is 0.287 e. The van der Waals surface area contributed by atoms with Gasteiger partial charge >= 0.3 is 0 Å². The summed E-state index contributed by atoms with van der Waals surface area (Å²) >= 11 is 1.50. The highest BCUT2D eigenvalue weighted by molar-refractivity contribution is 7.18. The number of nitrogens with zero attached hydrogens (tertiary/aromatic N) is 3. The first kappa shape index (κ1) is 14.3. The van der Waals surface area contributed by atoms with Crippen LogP contribution in [0.25, 0.3) is 10.2 Å². The van der Waals surface area contributed by atoms with E-state index in [4.69, 9.17) is 0 Å². The largest absolute Gasteiger partial charge is 0.310 e. The van der Waals surface area contributed by atoms with Crippen LogP contribution in [0.15, 0.2) is 29.2 Å². The number of nitrogens with one attached hydrogen (secondary N) is 1. The lowest BCUT2D eigenvalue weighted by atomic mass is 10.2. The van der Waals surface area contributed by atoms with Gasteiger partial charge in [-0.05, 0) is 18.6 Å².